The Balaban J connectivity index is 2.51. The topological polar surface area (TPSA) is 40.5 Å². The average Bonchev–Trinajstić information content (AvgIpc) is 2.77. The Bertz CT molecular complexity index is 245. The lowest BCUT2D eigenvalue weighted by atomic mass is 10.4. The molecule has 0 atom stereocenters. The first-order valence-electron chi connectivity index (χ1n) is 4.12. The van der Waals surface area contributed by atoms with Gasteiger partial charge in [0, 0.05) is 18.3 Å². The predicted molar refractivity (Wildman–Crippen MR) is 42.6 cm³/mol. The van der Waals surface area contributed by atoms with Gasteiger partial charge in [-0.25, -0.2) is 4.79 Å². The molecule has 0 amide bonds. The van der Waals surface area contributed by atoms with Gasteiger partial charge in [-0.3, -0.25) is 0 Å². The van der Waals surface area contributed by atoms with Gasteiger partial charge in [0.2, 0.25) is 0 Å². The van der Waals surface area contributed by atoms with Crippen molar-refractivity contribution < 1.29 is 23.1 Å². The molecule has 0 bridgehead atoms. The van der Waals surface area contributed by atoms with Crippen LogP contribution >= 0.6 is 0 Å². The van der Waals surface area contributed by atoms with E-state index in [4.69, 9.17) is 5.11 Å². The van der Waals surface area contributed by atoms with Gasteiger partial charge in [0.25, 0.3) is 0 Å². The molecule has 0 unspecified atom stereocenters. The first-order chi connectivity index (χ1) is 6.38. The Kier molecular flexibility index (Phi) is 3.03. The van der Waals surface area contributed by atoms with Crippen molar-refractivity contribution in [1.29, 1.82) is 0 Å². The summed E-state index contributed by atoms with van der Waals surface area (Å²) in [7, 11) is 0. The fourth-order valence-corrected chi connectivity index (χ4v) is 1.08. The van der Waals surface area contributed by atoms with Gasteiger partial charge in [-0.05, 0) is 12.8 Å². The minimum absolute atomic E-state index is 0.146. The fourth-order valence-electron chi connectivity index (χ4n) is 1.08. The van der Waals surface area contributed by atoms with Crippen LogP contribution in [-0.2, 0) is 4.79 Å². The molecule has 1 N–H and O–H groups in total. The molecule has 1 aliphatic rings. The smallest absolute Gasteiger partial charge is 0.405 e. The number of nitrogens with zero attached hydrogens (tertiary/aromatic N) is 1. The van der Waals surface area contributed by atoms with Crippen molar-refractivity contribution in [2.75, 3.05) is 6.54 Å². The standard InChI is InChI=1S/C8H10F3NO2/c9-8(10,11)5-12(6-1-2-6)4-3-7(13)14/h3-4,6H,1-2,5H2,(H,13,14). The van der Waals surface area contributed by atoms with Crippen LogP contribution in [0.25, 0.3) is 0 Å². The maximum Gasteiger partial charge on any atom is 0.405 e. The van der Waals surface area contributed by atoms with Crippen LogP contribution in [0.4, 0.5) is 13.2 Å². The highest BCUT2D eigenvalue weighted by Crippen LogP contribution is 2.30. The van der Waals surface area contributed by atoms with Crippen LogP contribution in [0.3, 0.4) is 0 Å². The lowest BCUT2D eigenvalue weighted by Crippen LogP contribution is -2.32. The SMILES string of the molecule is O=C(O)C=CN(CC(F)(F)F)C1CC1. The first kappa shape index (κ1) is 10.9. The van der Waals surface area contributed by atoms with Crippen LogP contribution in [0, 0.1) is 0 Å². The lowest BCUT2D eigenvalue weighted by molar-refractivity contribution is -0.142. The highest BCUT2D eigenvalue weighted by atomic mass is 19.4. The molecule has 6 heteroatoms. The zero-order chi connectivity index (χ0) is 10.8. The highest BCUT2D eigenvalue weighted by Gasteiger charge is 2.36. The second-order valence-electron chi connectivity index (χ2n) is 3.17. The molecule has 80 valence electrons. The van der Waals surface area contributed by atoms with Crippen molar-refractivity contribution in [3.63, 3.8) is 0 Å². The first-order valence-corrected chi connectivity index (χ1v) is 4.12. The molecular formula is C8H10F3NO2. The van der Waals surface area contributed by atoms with Crippen molar-refractivity contribution in [1.82, 2.24) is 4.90 Å². The Morgan fingerprint density at radius 3 is 2.43 bits per heavy atom. The molecule has 1 rings (SSSR count). The van der Waals surface area contributed by atoms with E-state index in [1.807, 2.05) is 0 Å². The summed E-state index contributed by atoms with van der Waals surface area (Å²) in [5.41, 5.74) is 0. The number of halogens is 3. The molecule has 0 radical (unpaired) electrons. The second kappa shape index (κ2) is 3.89. The van der Waals surface area contributed by atoms with E-state index in [1.54, 1.807) is 0 Å². The summed E-state index contributed by atoms with van der Waals surface area (Å²) in [5.74, 6) is -1.24. The molecular weight excluding hydrogens is 199 g/mol. The maximum atomic E-state index is 12.0. The van der Waals surface area contributed by atoms with Crippen molar-refractivity contribution in [2.24, 2.45) is 0 Å². The third-order valence-electron chi connectivity index (χ3n) is 1.79. The number of carbonyl (C=O) groups is 1. The van der Waals surface area contributed by atoms with Gasteiger partial charge in [0.15, 0.2) is 0 Å². The summed E-state index contributed by atoms with van der Waals surface area (Å²) in [6.07, 6.45) is -1.18. The number of carboxylic acid groups (broad SMARTS) is 1. The zero-order valence-corrected chi connectivity index (χ0v) is 7.29. The van der Waals surface area contributed by atoms with Gasteiger partial charge in [0.05, 0.1) is 0 Å². The molecule has 0 heterocycles. The predicted octanol–water partition coefficient (Wildman–Crippen LogP) is 1.61. The Morgan fingerprint density at radius 2 is 2.07 bits per heavy atom. The molecule has 0 spiro atoms. The van der Waals surface area contributed by atoms with Gasteiger partial charge in [0.1, 0.15) is 6.54 Å². The monoisotopic (exact) mass is 209 g/mol. The molecule has 0 saturated heterocycles. The molecule has 1 aliphatic carbocycles. The summed E-state index contributed by atoms with van der Waals surface area (Å²) >= 11 is 0. The highest BCUT2D eigenvalue weighted by molar-refractivity contribution is 5.79. The van der Waals surface area contributed by atoms with Crippen LogP contribution in [0.5, 0.6) is 0 Å². The number of aliphatic carboxylic acids is 1. The minimum Gasteiger partial charge on any atom is -0.478 e. The van der Waals surface area contributed by atoms with Crippen molar-refractivity contribution in [2.45, 2.75) is 25.1 Å². The third-order valence-corrected chi connectivity index (χ3v) is 1.79. The van der Waals surface area contributed by atoms with E-state index in [0.29, 0.717) is 12.8 Å². The van der Waals surface area contributed by atoms with E-state index in [1.165, 1.54) is 0 Å². The lowest BCUT2D eigenvalue weighted by Gasteiger charge is -2.20. The Morgan fingerprint density at radius 1 is 1.50 bits per heavy atom. The summed E-state index contributed by atoms with van der Waals surface area (Å²) < 4.78 is 36.0. The van der Waals surface area contributed by atoms with Crippen LogP contribution in [0.1, 0.15) is 12.8 Å². The molecule has 3 nitrogen and oxygen atoms in total. The van der Waals surface area contributed by atoms with Crippen molar-refractivity contribution >= 4 is 5.97 Å². The Labute approximate surface area is 78.8 Å². The molecule has 0 aromatic rings. The quantitative estimate of drug-likeness (QED) is 0.715. The molecule has 0 aromatic carbocycles. The number of rotatable bonds is 4. The normalized spacial score (nSPS) is 17.4. The van der Waals surface area contributed by atoms with Crippen LogP contribution in [-0.4, -0.2) is 34.7 Å². The van der Waals surface area contributed by atoms with E-state index in [2.05, 4.69) is 0 Å². The number of hydrogen-bond acceptors (Lipinski definition) is 2. The van der Waals surface area contributed by atoms with Gasteiger partial charge < -0.3 is 10.0 Å². The Hall–Kier alpha value is -1.20. The van der Waals surface area contributed by atoms with Crippen molar-refractivity contribution in [3.05, 3.63) is 12.3 Å². The van der Waals surface area contributed by atoms with Gasteiger partial charge >= 0.3 is 12.1 Å². The number of alkyl halides is 3. The van der Waals surface area contributed by atoms with Crippen molar-refractivity contribution in [3.8, 4) is 0 Å². The van der Waals surface area contributed by atoms with E-state index in [0.717, 1.165) is 17.2 Å². The van der Waals surface area contributed by atoms with E-state index in [-0.39, 0.29) is 6.04 Å². The second-order valence-corrected chi connectivity index (χ2v) is 3.17. The third kappa shape index (κ3) is 4.15. The molecule has 1 saturated carbocycles. The maximum absolute atomic E-state index is 12.0. The van der Waals surface area contributed by atoms with Crippen LogP contribution in [0.2, 0.25) is 0 Å². The summed E-state index contributed by atoms with van der Waals surface area (Å²) in [6, 6.07) is -0.146. The minimum atomic E-state index is -4.29. The van der Waals surface area contributed by atoms with E-state index in [9.17, 15) is 18.0 Å². The van der Waals surface area contributed by atoms with Crippen LogP contribution in [0.15, 0.2) is 12.3 Å². The van der Waals surface area contributed by atoms with Crippen LogP contribution < -0.4 is 0 Å². The number of carboxylic acids is 1. The summed E-state index contributed by atoms with van der Waals surface area (Å²) in [4.78, 5) is 11.1. The summed E-state index contributed by atoms with van der Waals surface area (Å²) in [5, 5.41) is 8.27. The molecule has 0 aromatic heterocycles. The average molecular weight is 209 g/mol. The van der Waals surface area contributed by atoms with Gasteiger partial charge in [-0.2, -0.15) is 13.2 Å². The molecule has 1 fully saturated rings. The fraction of sp³-hybridized carbons (Fsp3) is 0.625. The molecule has 14 heavy (non-hydrogen) atoms. The van der Waals surface area contributed by atoms with E-state index >= 15 is 0 Å². The largest absolute Gasteiger partial charge is 0.478 e. The number of hydrogen-bond donors (Lipinski definition) is 1. The summed E-state index contributed by atoms with van der Waals surface area (Å²) in [6.45, 7) is -1.08. The van der Waals surface area contributed by atoms with Gasteiger partial charge in [-0.15, -0.1) is 0 Å². The molecule has 0 aliphatic heterocycles. The van der Waals surface area contributed by atoms with E-state index < -0.39 is 18.7 Å². The zero-order valence-electron chi connectivity index (χ0n) is 7.29. The van der Waals surface area contributed by atoms with Gasteiger partial charge in [-0.1, -0.05) is 0 Å².